The van der Waals surface area contributed by atoms with Gasteiger partial charge in [-0.25, -0.2) is 0 Å². The number of nitrogens with zero attached hydrogens (tertiary/aromatic N) is 1. The highest BCUT2D eigenvalue weighted by Gasteiger charge is 2.13. The number of nitrogen functional groups attached to an aromatic ring is 1. The third kappa shape index (κ3) is 3.85. The molecule has 0 saturated carbocycles. The second-order valence-electron chi connectivity index (χ2n) is 3.92. The smallest absolute Gasteiger partial charge is 0.255 e. The van der Waals surface area contributed by atoms with Gasteiger partial charge >= 0.3 is 0 Å². The Bertz CT molecular complexity index is 393. The summed E-state index contributed by atoms with van der Waals surface area (Å²) in [4.78, 5) is 13.5. The SMILES string of the molecule is CSCCNc1cc(N)ccc1C(=O)N(C)C. The van der Waals surface area contributed by atoms with Crippen LogP contribution in [0.4, 0.5) is 11.4 Å². The van der Waals surface area contributed by atoms with Crippen LogP contribution in [0.2, 0.25) is 0 Å². The lowest BCUT2D eigenvalue weighted by Gasteiger charge is -2.15. The van der Waals surface area contributed by atoms with Crippen LogP contribution < -0.4 is 11.1 Å². The number of benzene rings is 1. The van der Waals surface area contributed by atoms with E-state index in [-0.39, 0.29) is 5.91 Å². The van der Waals surface area contributed by atoms with Crippen molar-refractivity contribution in [1.82, 2.24) is 4.90 Å². The molecule has 0 saturated heterocycles. The van der Waals surface area contributed by atoms with Gasteiger partial charge in [-0.3, -0.25) is 4.79 Å². The van der Waals surface area contributed by atoms with Crippen molar-refractivity contribution in [2.45, 2.75) is 0 Å². The molecule has 1 aromatic rings. The molecule has 0 fully saturated rings. The van der Waals surface area contributed by atoms with E-state index in [1.807, 2.05) is 6.26 Å². The van der Waals surface area contributed by atoms with Crippen molar-refractivity contribution in [2.24, 2.45) is 0 Å². The molecule has 4 nitrogen and oxygen atoms in total. The summed E-state index contributed by atoms with van der Waals surface area (Å²) in [6.07, 6.45) is 2.05. The van der Waals surface area contributed by atoms with Crippen LogP contribution in [0, 0.1) is 0 Å². The average Bonchev–Trinajstić information content (AvgIpc) is 2.28. The highest BCUT2D eigenvalue weighted by atomic mass is 32.2. The fourth-order valence-corrected chi connectivity index (χ4v) is 1.73. The van der Waals surface area contributed by atoms with E-state index < -0.39 is 0 Å². The second-order valence-corrected chi connectivity index (χ2v) is 4.91. The van der Waals surface area contributed by atoms with E-state index in [0.717, 1.165) is 18.0 Å². The van der Waals surface area contributed by atoms with Crippen molar-refractivity contribution in [1.29, 1.82) is 0 Å². The summed E-state index contributed by atoms with van der Waals surface area (Å²) in [6, 6.07) is 5.31. The molecule has 0 aliphatic carbocycles. The Morgan fingerprint density at radius 1 is 1.47 bits per heavy atom. The Kier molecular flexibility index (Phi) is 5.15. The van der Waals surface area contributed by atoms with Gasteiger partial charge in [-0.2, -0.15) is 11.8 Å². The minimum absolute atomic E-state index is 0.0170. The summed E-state index contributed by atoms with van der Waals surface area (Å²) in [7, 11) is 3.48. The predicted octanol–water partition coefficient (Wildman–Crippen LogP) is 1.75. The lowest BCUT2D eigenvalue weighted by molar-refractivity contribution is 0.0828. The van der Waals surface area contributed by atoms with Crippen molar-refractivity contribution in [3.63, 3.8) is 0 Å². The molecule has 1 amide bonds. The maximum atomic E-state index is 11.9. The Balaban J connectivity index is 2.91. The third-order valence-electron chi connectivity index (χ3n) is 2.30. The minimum Gasteiger partial charge on any atom is -0.399 e. The van der Waals surface area contributed by atoms with Gasteiger partial charge in [0.05, 0.1) is 5.56 Å². The van der Waals surface area contributed by atoms with Gasteiger partial charge in [0, 0.05) is 37.8 Å². The lowest BCUT2D eigenvalue weighted by atomic mass is 10.1. The van der Waals surface area contributed by atoms with Crippen molar-refractivity contribution in [3.8, 4) is 0 Å². The van der Waals surface area contributed by atoms with E-state index in [2.05, 4.69) is 5.32 Å². The Morgan fingerprint density at radius 3 is 2.76 bits per heavy atom. The summed E-state index contributed by atoms with van der Waals surface area (Å²) >= 11 is 1.76. The number of carbonyl (C=O) groups excluding carboxylic acids is 1. The average molecular weight is 253 g/mol. The summed E-state index contributed by atoms with van der Waals surface area (Å²) < 4.78 is 0. The lowest BCUT2D eigenvalue weighted by Crippen LogP contribution is -2.23. The Morgan fingerprint density at radius 2 is 2.18 bits per heavy atom. The molecule has 1 rings (SSSR count). The van der Waals surface area contributed by atoms with Crippen molar-refractivity contribution < 1.29 is 4.79 Å². The minimum atomic E-state index is -0.0170. The van der Waals surface area contributed by atoms with Crippen molar-refractivity contribution in [3.05, 3.63) is 23.8 Å². The van der Waals surface area contributed by atoms with Crippen LogP contribution in [0.5, 0.6) is 0 Å². The highest BCUT2D eigenvalue weighted by molar-refractivity contribution is 7.98. The first-order valence-electron chi connectivity index (χ1n) is 5.40. The van der Waals surface area contributed by atoms with E-state index in [4.69, 9.17) is 5.73 Å². The number of hydrogen-bond acceptors (Lipinski definition) is 4. The number of nitrogens with one attached hydrogen (secondary N) is 1. The van der Waals surface area contributed by atoms with Crippen LogP contribution in [-0.2, 0) is 0 Å². The zero-order valence-electron chi connectivity index (χ0n) is 10.5. The van der Waals surface area contributed by atoms with Crippen LogP contribution >= 0.6 is 11.8 Å². The summed E-state index contributed by atoms with van der Waals surface area (Å²) in [5, 5.41) is 3.24. The van der Waals surface area contributed by atoms with Crippen LogP contribution in [-0.4, -0.2) is 43.5 Å². The van der Waals surface area contributed by atoms with E-state index in [0.29, 0.717) is 11.3 Å². The molecule has 5 heteroatoms. The first-order valence-corrected chi connectivity index (χ1v) is 6.79. The molecule has 0 spiro atoms. The van der Waals surface area contributed by atoms with Gasteiger partial charge < -0.3 is 16.0 Å². The van der Waals surface area contributed by atoms with Crippen molar-refractivity contribution in [2.75, 3.05) is 43.7 Å². The number of anilines is 2. The number of carbonyl (C=O) groups is 1. The van der Waals surface area contributed by atoms with Gasteiger partial charge in [0.1, 0.15) is 0 Å². The molecule has 0 aromatic heterocycles. The van der Waals surface area contributed by atoms with E-state index in [1.165, 1.54) is 0 Å². The molecule has 0 bridgehead atoms. The van der Waals surface area contributed by atoms with E-state index in [1.54, 1.807) is 49.0 Å². The number of rotatable bonds is 5. The summed E-state index contributed by atoms with van der Waals surface area (Å²) in [5.41, 5.74) is 7.86. The van der Waals surface area contributed by atoms with Crippen LogP contribution in [0.15, 0.2) is 18.2 Å². The molecular weight excluding hydrogens is 234 g/mol. The quantitative estimate of drug-likeness (QED) is 0.620. The first-order chi connectivity index (χ1) is 8.06. The van der Waals surface area contributed by atoms with Gasteiger partial charge in [-0.15, -0.1) is 0 Å². The molecule has 17 heavy (non-hydrogen) atoms. The number of thioether (sulfide) groups is 1. The molecule has 3 N–H and O–H groups in total. The van der Waals surface area contributed by atoms with E-state index >= 15 is 0 Å². The fourth-order valence-electron chi connectivity index (χ4n) is 1.42. The van der Waals surface area contributed by atoms with Crippen LogP contribution in [0.3, 0.4) is 0 Å². The number of hydrogen-bond donors (Lipinski definition) is 2. The molecule has 0 radical (unpaired) electrons. The second kappa shape index (κ2) is 6.39. The summed E-state index contributed by atoms with van der Waals surface area (Å²) in [6.45, 7) is 0.818. The monoisotopic (exact) mass is 253 g/mol. The third-order valence-corrected chi connectivity index (χ3v) is 2.91. The summed E-state index contributed by atoms with van der Waals surface area (Å²) in [5.74, 6) is 0.973. The van der Waals surface area contributed by atoms with Gasteiger partial charge in [0.2, 0.25) is 0 Å². The molecular formula is C12H19N3OS. The van der Waals surface area contributed by atoms with Gasteiger partial charge in [-0.1, -0.05) is 0 Å². The normalized spacial score (nSPS) is 10.1. The predicted molar refractivity (Wildman–Crippen MR) is 75.7 cm³/mol. The first kappa shape index (κ1) is 13.7. The van der Waals surface area contributed by atoms with Gasteiger partial charge in [0.25, 0.3) is 5.91 Å². The molecule has 0 unspecified atom stereocenters. The standard InChI is InChI=1S/C12H19N3OS/c1-15(2)12(16)10-5-4-9(13)8-11(10)14-6-7-17-3/h4-5,8,14H,6-7,13H2,1-3H3. The van der Waals surface area contributed by atoms with Crippen molar-refractivity contribution >= 4 is 29.0 Å². The van der Waals surface area contributed by atoms with Gasteiger partial charge in [0.15, 0.2) is 0 Å². The molecule has 94 valence electrons. The molecule has 0 aliphatic rings. The Labute approximate surface area is 107 Å². The maximum absolute atomic E-state index is 11.9. The van der Waals surface area contributed by atoms with Crippen LogP contribution in [0.25, 0.3) is 0 Å². The maximum Gasteiger partial charge on any atom is 0.255 e. The molecule has 0 heterocycles. The molecule has 0 aliphatic heterocycles. The van der Waals surface area contributed by atoms with Gasteiger partial charge in [-0.05, 0) is 24.5 Å². The number of amides is 1. The zero-order valence-corrected chi connectivity index (χ0v) is 11.3. The topological polar surface area (TPSA) is 58.4 Å². The largest absolute Gasteiger partial charge is 0.399 e. The fraction of sp³-hybridized carbons (Fsp3) is 0.417. The number of nitrogens with two attached hydrogens (primary N) is 1. The highest BCUT2D eigenvalue weighted by Crippen LogP contribution is 2.20. The Hall–Kier alpha value is -1.36. The molecule has 1 aromatic carbocycles. The van der Waals surface area contributed by atoms with Crippen LogP contribution in [0.1, 0.15) is 10.4 Å². The van der Waals surface area contributed by atoms with E-state index in [9.17, 15) is 4.79 Å². The molecule has 0 atom stereocenters. The zero-order chi connectivity index (χ0) is 12.8.